The summed E-state index contributed by atoms with van der Waals surface area (Å²) in [7, 11) is 0. The lowest BCUT2D eigenvalue weighted by atomic mass is 9.73. The minimum Gasteiger partial charge on any atom is -0.492 e. The number of hydrogen-bond donors (Lipinski definition) is 1. The first-order valence-electron chi connectivity index (χ1n) is 11.0. The molecule has 0 aromatic heterocycles. The average Bonchev–Trinajstić information content (AvgIpc) is 2.75. The van der Waals surface area contributed by atoms with Gasteiger partial charge in [0.15, 0.2) is 0 Å². The predicted octanol–water partition coefficient (Wildman–Crippen LogP) is 4.58. The molecule has 0 aliphatic carbocycles. The topological polar surface area (TPSA) is 59.0 Å². The van der Waals surface area contributed by atoms with E-state index in [-0.39, 0.29) is 5.92 Å². The van der Waals surface area contributed by atoms with E-state index in [2.05, 4.69) is 17.1 Å². The van der Waals surface area contributed by atoms with Gasteiger partial charge in [-0.1, -0.05) is 43.4 Å². The van der Waals surface area contributed by atoms with E-state index in [1.54, 1.807) is 0 Å². The van der Waals surface area contributed by atoms with Crippen LogP contribution in [0.4, 0.5) is 0 Å². The second-order valence-corrected chi connectivity index (χ2v) is 8.21. The first-order chi connectivity index (χ1) is 14.5. The van der Waals surface area contributed by atoms with Crippen molar-refractivity contribution in [1.82, 2.24) is 4.90 Å². The maximum Gasteiger partial charge on any atom is 0.310 e. The van der Waals surface area contributed by atoms with Crippen LogP contribution in [-0.2, 0) is 16.0 Å². The van der Waals surface area contributed by atoms with E-state index in [4.69, 9.17) is 9.47 Å². The van der Waals surface area contributed by atoms with Gasteiger partial charge in [-0.2, -0.15) is 0 Å². The number of rotatable bonds is 12. The molecule has 166 valence electrons. The Hall–Kier alpha value is -2.11. The van der Waals surface area contributed by atoms with Gasteiger partial charge in [0.05, 0.1) is 18.6 Å². The molecule has 1 heterocycles. The van der Waals surface area contributed by atoms with Gasteiger partial charge in [-0.3, -0.25) is 9.69 Å². The molecule has 1 saturated heterocycles. The smallest absolute Gasteiger partial charge is 0.310 e. The first-order valence-corrected chi connectivity index (χ1v) is 11.0. The number of carboxylic acid groups (broad SMARTS) is 1. The molecule has 0 saturated carbocycles. The van der Waals surface area contributed by atoms with E-state index in [0.29, 0.717) is 13.0 Å². The molecule has 1 aromatic carbocycles. The normalized spacial score (nSPS) is 18.5. The van der Waals surface area contributed by atoms with Crippen molar-refractivity contribution in [3.05, 3.63) is 54.1 Å². The molecule has 5 nitrogen and oxygen atoms in total. The summed E-state index contributed by atoms with van der Waals surface area (Å²) in [5.41, 5.74) is 0.157. The highest BCUT2D eigenvalue weighted by Crippen LogP contribution is 2.33. The van der Waals surface area contributed by atoms with Crippen LogP contribution in [0.3, 0.4) is 0 Å². The summed E-state index contributed by atoms with van der Waals surface area (Å²) in [6.45, 7) is 10.9. The average molecular weight is 416 g/mol. The summed E-state index contributed by atoms with van der Waals surface area (Å²) < 4.78 is 11.2. The third-order valence-corrected chi connectivity index (χ3v) is 5.93. The number of morpholine rings is 1. The minimum atomic E-state index is -0.851. The lowest BCUT2D eigenvalue weighted by Gasteiger charge is -2.30. The quantitative estimate of drug-likeness (QED) is 0.400. The number of nitrogens with zero attached hydrogens (tertiary/aromatic N) is 1. The van der Waals surface area contributed by atoms with Gasteiger partial charge in [-0.15, -0.1) is 0 Å². The SMILES string of the molecule is CC=CCCC=CC(C)C(C)(Cc1ccc(OCCN2CCOCC2)cc1)C(=O)O. The number of benzene rings is 1. The summed E-state index contributed by atoms with van der Waals surface area (Å²) >= 11 is 0. The van der Waals surface area contributed by atoms with Gasteiger partial charge in [-0.25, -0.2) is 0 Å². The maximum absolute atomic E-state index is 12.1. The third kappa shape index (κ3) is 7.62. The lowest BCUT2D eigenvalue weighted by molar-refractivity contribution is -0.149. The first kappa shape index (κ1) is 24.2. The highest BCUT2D eigenvalue weighted by molar-refractivity contribution is 5.75. The van der Waals surface area contributed by atoms with Crippen LogP contribution >= 0.6 is 0 Å². The van der Waals surface area contributed by atoms with Gasteiger partial charge in [0.1, 0.15) is 12.4 Å². The summed E-state index contributed by atoms with van der Waals surface area (Å²) in [6, 6.07) is 7.84. The number of hydrogen-bond acceptors (Lipinski definition) is 4. The fraction of sp³-hybridized carbons (Fsp3) is 0.560. The number of aliphatic carboxylic acids is 1. The molecular weight excluding hydrogens is 378 g/mol. The van der Waals surface area contributed by atoms with Crippen molar-refractivity contribution < 1.29 is 19.4 Å². The monoisotopic (exact) mass is 415 g/mol. The van der Waals surface area contributed by atoms with Crippen LogP contribution in [0.1, 0.15) is 39.2 Å². The Labute approximate surface area is 181 Å². The maximum atomic E-state index is 12.1. The van der Waals surface area contributed by atoms with E-state index in [1.807, 2.05) is 57.2 Å². The number of carbonyl (C=O) groups is 1. The van der Waals surface area contributed by atoms with Crippen molar-refractivity contribution in [2.75, 3.05) is 39.5 Å². The lowest BCUT2D eigenvalue weighted by Crippen LogP contribution is -2.38. The van der Waals surface area contributed by atoms with Crippen LogP contribution < -0.4 is 4.74 Å². The Kier molecular flexibility index (Phi) is 10.1. The Morgan fingerprint density at radius 2 is 1.90 bits per heavy atom. The second kappa shape index (κ2) is 12.6. The van der Waals surface area contributed by atoms with Crippen LogP contribution in [-0.4, -0.2) is 55.4 Å². The van der Waals surface area contributed by atoms with Gasteiger partial charge in [0, 0.05) is 19.6 Å². The van der Waals surface area contributed by atoms with E-state index >= 15 is 0 Å². The number of unbranched alkanes of at least 4 members (excludes halogenated alkanes) is 1. The van der Waals surface area contributed by atoms with Crippen LogP contribution in [0.2, 0.25) is 0 Å². The van der Waals surface area contributed by atoms with Crippen molar-refractivity contribution >= 4 is 5.97 Å². The molecule has 5 heteroatoms. The van der Waals surface area contributed by atoms with Gasteiger partial charge < -0.3 is 14.6 Å². The molecule has 0 radical (unpaired) electrons. The van der Waals surface area contributed by atoms with Crippen molar-refractivity contribution in [2.45, 2.75) is 40.0 Å². The molecule has 30 heavy (non-hydrogen) atoms. The van der Waals surface area contributed by atoms with E-state index in [0.717, 1.165) is 57.0 Å². The Balaban J connectivity index is 1.88. The molecular formula is C25H37NO4. The minimum absolute atomic E-state index is 0.0648. The highest BCUT2D eigenvalue weighted by Gasteiger charge is 2.37. The van der Waals surface area contributed by atoms with Crippen LogP contribution in [0.5, 0.6) is 5.75 Å². The summed E-state index contributed by atoms with van der Waals surface area (Å²) in [5, 5.41) is 9.92. The Morgan fingerprint density at radius 1 is 1.23 bits per heavy atom. The van der Waals surface area contributed by atoms with Gasteiger partial charge in [0.25, 0.3) is 0 Å². The van der Waals surface area contributed by atoms with Crippen molar-refractivity contribution in [1.29, 1.82) is 0 Å². The summed E-state index contributed by atoms with van der Waals surface area (Å²) in [6.07, 6.45) is 10.7. The molecule has 0 amide bonds. The molecule has 2 atom stereocenters. The number of ether oxygens (including phenoxy) is 2. The number of carboxylic acids is 1. The summed E-state index contributed by atoms with van der Waals surface area (Å²) in [5.74, 6) is -0.00930. The third-order valence-electron chi connectivity index (χ3n) is 5.93. The number of allylic oxidation sites excluding steroid dienone is 4. The summed E-state index contributed by atoms with van der Waals surface area (Å²) in [4.78, 5) is 14.4. The zero-order valence-corrected chi connectivity index (χ0v) is 18.7. The zero-order valence-electron chi connectivity index (χ0n) is 18.7. The molecule has 1 aliphatic heterocycles. The van der Waals surface area contributed by atoms with Gasteiger partial charge in [-0.05, 0) is 56.7 Å². The van der Waals surface area contributed by atoms with E-state index in [9.17, 15) is 9.90 Å². The fourth-order valence-electron chi connectivity index (χ4n) is 3.55. The van der Waals surface area contributed by atoms with Crippen LogP contribution in [0.15, 0.2) is 48.6 Å². The molecule has 1 fully saturated rings. The molecule has 2 rings (SSSR count). The van der Waals surface area contributed by atoms with Gasteiger partial charge >= 0.3 is 5.97 Å². The van der Waals surface area contributed by atoms with Gasteiger partial charge in [0.2, 0.25) is 0 Å². The van der Waals surface area contributed by atoms with Crippen LogP contribution in [0, 0.1) is 11.3 Å². The largest absolute Gasteiger partial charge is 0.492 e. The Bertz CT molecular complexity index is 692. The molecule has 0 bridgehead atoms. The molecule has 1 aromatic rings. The van der Waals surface area contributed by atoms with E-state index in [1.165, 1.54) is 0 Å². The highest BCUT2D eigenvalue weighted by atomic mass is 16.5. The zero-order chi connectivity index (χ0) is 21.8. The molecule has 0 spiro atoms. The van der Waals surface area contributed by atoms with Crippen molar-refractivity contribution in [3.8, 4) is 5.75 Å². The molecule has 2 unspecified atom stereocenters. The second-order valence-electron chi connectivity index (χ2n) is 8.21. The van der Waals surface area contributed by atoms with Crippen molar-refractivity contribution in [2.24, 2.45) is 11.3 Å². The Morgan fingerprint density at radius 3 is 2.53 bits per heavy atom. The molecule has 1 aliphatic rings. The predicted molar refractivity (Wildman–Crippen MR) is 121 cm³/mol. The van der Waals surface area contributed by atoms with Crippen LogP contribution in [0.25, 0.3) is 0 Å². The van der Waals surface area contributed by atoms with E-state index < -0.39 is 11.4 Å². The fourth-order valence-corrected chi connectivity index (χ4v) is 3.55. The van der Waals surface area contributed by atoms with Crippen molar-refractivity contribution in [3.63, 3.8) is 0 Å². The molecule has 1 N–H and O–H groups in total. The standard InChI is InChI=1S/C25H37NO4/c1-4-5-6-7-8-9-21(2)25(3,24(27)28)20-22-10-12-23(13-11-22)30-19-16-26-14-17-29-18-15-26/h4-5,8-13,21H,6-7,14-20H2,1-3H3,(H,27,28).